The standard InChI is InChI=1S/C17H15ClN4O2S/c1-24-12-8-6-11(7-9-12)16-20-17(22-21-16)25-10-15(23)19-14-5-3-2-4-13(14)18/h2-9H,10H2,1H3,(H,19,23)(H,20,21,22). The average molecular weight is 375 g/mol. The van der Waals surface area contributed by atoms with Gasteiger partial charge in [-0.15, -0.1) is 5.10 Å². The molecule has 0 aliphatic heterocycles. The lowest BCUT2D eigenvalue weighted by Gasteiger charge is -2.05. The molecule has 0 aliphatic rings. The lowest BCUT2D eigenvalue weighted by Crippen LogP contribution is -2.14. The summed E-state index contributed by atoms with van der Waals surface area (Å²) in [5, 5.41) is 10.7. The Morgan fingerprint density at radius 3 is 2.72 bits per heavy atom. The van der Waals surface area contributed by atoms with Gasteiger partial charge < -0.3 is 10.1 Å². The van der Waals surface area contributed by atoms with E-state index in [1.807, 2.05) is 30.3 Å². The van der Waals surface area contributed by atoms with Gasteiger partial charge >= 0.3 is 0 Å². The van der Waals surface area contributed by atoms with Crippen molar-refractivity contribution in [3.05, 3.63) is 53.6 Å². The van der Waals surface area contributed by atoms with Gasteiger partial charge in [0.25, 0.3) is 0 Å². The van der Waals surface area contributed by atoms with Crippen molar-refractivity contribution in [1.29, 1.82) is 0 Å². The molecule has 0 aliphatic carbocycles. The zero-order chi connectivity index (χ0) is 17.6. The number of halogens is 1. The molecular weight excluding hydrogens is 360 g/mol. The van der Waals surface area contributed by atoms with Crippen molar-refractivity contribution in [3.8, 4) is 17.1 Å². The van der Waals surface area contributed by atoms with Crippen LogP contribution in [-0.2, 0) is 4.79 Å². The molecule has 1 aromatic heterocycles. The van der Waals surface area contributed by atoms with Crippen molar-refractivity contribution < 1.29 is 9.53 Å². The summed E-state index contributed by atoms with van der Waals surface area (Å²) in [4.78, 5) is 16.4. The summed E-state index contributed by atoms with van der Waals surface area (Å²) < 4.78 is 5.13. The van der Waals surface area contributed by atoms with Crippen molar-refractivity contribution in [2.24, 2.45) is 0 Å². The molecule has 2 aromatic carbocycles. The van der Waals surface area contributed by atoms with Crippen LogP contribution in [0.15, 0.2) is 53.7 Å². The van der Waals surface area contributed by atoms with E-state index in [0.29, 0.717) is 21.7 Å². The highest BCUT2D eigenvalue weighted by Gasteiger charge is 2.10. The second-order valence-electron chi connectivity index (χ2n) is 5.01. The van der Waals surface area contributed by atoms with E-state index in [4.69, 9.17) is 16.3 Å². The maximum absolute atomic E-state index is 12.0. The van der Waals surface area contributed by atoms with E-state index in [-0.39, 0.29) is 11.7 Å². The van der Waals surface area contributed by atoms with Crippen LogP contribution in [0.4, 0.5) is 5.69 Å². The molecule has 0 fully saturated rings. The number of thioether (sulfide) groups is 1. The zero-order valence-electron chi connectivity index (χ0n) is 13.3. The number of carbonyl (C=O) groups excluding carboxylic acids is 1. The number of carbonyl (C=O) groups is 1. The monoisotopic (exact) mass is 374 g/mol. The summed E-state index contributed by atoms with van der Waals surface area (Å²) in [6.07, 6.45) is 0. The Morgan fingerprint density at radius 2 is 2.00 bits per heavy atom. The summed E-state index contributed by atoms with van der Waals surface area (Å²) in [6, 6.07) is 14.6. The van der Waals surface area contributed by atoms with Crippen LogP contribution >= 0.6 is 23.4 Å². The van der Waals surface area contributed by atoms with Crippen molar-refractivity contribution in [1.82, 2.24) is 15.2 Å². The van der Waals surface area contributed by atoms with E-state index in [1.165, 1.54) is 11.8 Å². The summed E-state index contributed by atoms with van der Waals surface area (Å²) in [5.41, 5.74) is 1.48. The molecule has 3 aromatic rings. The number of anilines is 1. The number of nitrogens with zero attached hydrogens (tertiary/aromatic N) is 2. The smallest absolute Gasteiger partial charge is 0.234 e. The van der Waals surface area contributed by atoms with Crippen LogP contribution in [0.3, 0.4) is 0 Å². The number of benzene rings is 2. The Morgan fingerprint density at radius 1 is 1.24 bits per heavy atom. The maximum atomic E-state index is 12.0. The summed E-state index contributed by atoms with van der Waals surface area (Å²) in [5.74, 6) is 1.42. The van der Waals surface area contributed by atoms with E-state index < -0.39 is 0 Å². The van der Waals surface area contributed by atoms with E-state index in [2.05, 4.69) is 20.5 Å². The van der Waals surface area contributed by atoms with Crippen LogP contribution in [0.1, 0.15) is 0 Å². The number of nitrogens with one attached hydrogen (secondary N) is 2. The highest BCUT2D eigenvalue weighted by atomic mass is 35.5. The average Bonchev–Trinajstić information content (AvgIpc) is 3.11. The molecule has 1 heterocycles. The predicted molar refractivity (Wildman–Crippen MR) is 99.2 cm³/mol. The Hall–Kier alpha value is -2.51. The lowest BCUT2D eigenvalue weighted by molar-refractivity contribution is -0.113. The van der Waals surface area contributed by atoms with E-state index >= 15 is 0 Å². The minimum atomic E-state index is -0.172. The summed E-state index contributed by atoms with van der Waals surface area (Å²) in [6.45, 7) is 0. The number of H-pyrrole nitrogens is 1. The van der Waals surface area contributed by atoms with Crippen LogP contribution in [0.5, 0.6) is 5.75 Å². The molecule has 0 radical (unpaired) electrons. The number of ether oxygens (including phenoxy) is 1. The van der Waals surface area contributed by atoms with Gasteiger partial charge in [-0.3, -0.25) is 9.89 Å². The first-order chi connectivity index (χ1) is 12.2. The third kappa shape index (κ3) is 4.52. The second-order valence-corrected chi connectivity index (χ2v) is 6.36. The topological polar surface area (TPSA) is 79.9 Å². The first-order valence-electron chi connectivity index (χ1n) is 7.39. The molecule has 25 heavy (non-hydrogen) atoms. The number of aromatic nitrogens is 3. The van der Waals surface area contributed by atoms with Crippen LogP contribution < -0.4 is 10.1 Å². The largest absolute Gasteiger partial charge is 0.497 e. The third-order valence-corrected chi connectivity index (χ3v) is 4.49. The normalized spacial score (nSPS) is 10.5. The van der Waals surface area contributed by atoms with Crippen LogP contribution in [0.25, 0.3) is 11.4 Å². The third-order valence-electron chi connectivity index (χ3n) is 3.31. The van der Waals surface area contributed by atoms with Gasteiger partial charge in [0.05, 0.1) is 23.6 Å². The summed E-state index contributed by atoms with van der Waals surface area (Å²) in [7, 11) is 1.62. The molecule has 128 valence electrons. The van der Waals surface area contributed by atoms with Crippen LogP contribution in [0, 0.1) is 0 Å². The molecule has 6 nitrogen and oxygen atoms in total. The van der Waals surface area contributed by atoms with E-state index in [9.17, 15) is 4.79 Å². The first-order valence-corrected chi connectivity index (χ1v) is 8.76. The number of methoxy groups -OCH3 is 1. The molecule has 0 spiro atoms. The molecule has 1 amide bonds. The molecule has 2 N–H and O–H groups in total. The highest BCUT2D eigenvalue weighted by Crippen LogP contribution is 2.23. The quantitative estimate of drug-likeness (QED) is 0.640. The SMILES string of the molecule is COc1ccc(-c2nc(SCC(=O)Nc3ccccc3Cl)n[nH]2)cc1. The molecule has 3 rings (SSSR count). The molecule has 0 saturated heterocycles. The van der Waals surface area contributed by atoms with Crippen molar-refractivity contribution in [3.63, 3.8) is 0 Å². The number of amides is 1. The molecule has 0 unspecified atom stereocenters. The number of aromatic amines is 1. The van der Waals surface area contributed by atoms with Gasteiger partial charge in [-0.2, -0.15) is 0 Å². The van der Waals surface area contributed by atoms with Gasteiger partial charge in [0.1, 0.15) is 5.75 Å². The number of hydrogen-bond donors (Lipinski definition) is 2. The van der Waals surface area contributed by atoms with Crippen LogP contribution in [-0.4, -0.2) is 34.0 Å². The van der Waals surface area contributed by atoms with E-state index in [1.54, 1.807) is 25.3 Å². The lowest BCUT2D eigenvalue weighted by atomic mass is 10.2. The van der Waals surface area contributed by atoms with Crippen molar-refractivity contribution in [2.45, 2.75) is 5.16 Å². The molecule has 0 atom stereocenters. The van der Waals surface area contributed by atoms with Crippen molar-refractivity contribution >= 4 is 35.0 Å². The minimum absolute atomic E-state index is 0.172. The fourth-order valence-electron chi connectivity index (χ4n) is 2.07. The molecule has 0 bridgehead atoms. The molecule has 0 saturated carbocycles. The highest BCUT2D eigenvalue weighted by molar-refractivity contribution is 7.99. The number of para-hydroxylation sites is 1. The zero-order valence-corrected chi connectivity index (χ0v) is 14.9. The Labute approximate surface area is 154 Å². The predicted octanol–water partition coefficient (Wildman–Crippen LogP) is 3.86. The van der Waals surface area contributed by atoms with Gasteiger partial charge in [0, 0.05) is 5.56 Å². The Balaban J connectivity index is 1.58. The molecular formula is C17H15ClN4O2S. The maximum Gasteiger partial charge on any atom is 0.234 e. The van der Waals surface area contributed by atoms with Crippen LogP contribution in [0.2, 0.25) is 5.02 Å². The van der Waals surface area contributed by atoms with E-state index in [0.717, 1.165) is 11.3 Å². The van der Waals surface area contributed by atoms with Gasteiger partial charge in [0.2, 0.25) is 11.1 Å². The molecule has 8 heteroatoms. The number of rotatable bonds is 6. The first kappa shape index (κ1) is 17.3. The Kier molecular flexibility index (Phi) is 5.57. The Bertz CT molecular complexity index is 867. The second kappa shape index (κ2) is 8.04. The minimum Gasteiger partial charge on any atom is -0.497 e. The van der Waals surface area contributed by atoms with Crippen molar-refractivity contribution in [2.75, 3.05) is 18.2 Å². The fraction of sp³-hybridized carbons (Fsp3) is 0.118. The fourth-order valence-corrected chi connectivity index (χ4v) is 2.85. The number of hydrogen-bond acceptors (Lipinski definition) is 5. The summed E-state index contributed by atoms with van der Waals surface area (Å²) >= 11 is 7.26. The van der Waals surface area contributed by atoms with Gasteiger partial charge in [-0.1, -0.05) is 35.5 Å². The van der Waals surface area contributed by atoms with Gasteiger partial charge in [-0.25, -0.2) is 4.98 Å². The van der Waals surface area contributed by atoms with Gasteiger partial charge in [-0.05, 0) is 36.4 Å². The van der Waals surface area contributed by atoms with Gasteiger partial charge in [0.15, 0.2) is 5.82 Å².